The minimum absolute atomic E-state index is 0.0277. The number of nitrogens with zero attached hydrogens (tertiary/aromatic N) is 6. The molecule has 2 aromatic heterocycles. The van der Waals surface area contributed by atoms with Crippen LogP contribution in [0.15, 0.2) is 30.9 Å². The fourth-order valence-corrected chi connectivity index (χ4v) is 8.93. The molecule has 3 aliphatic rings. The summed E-state index contributed by atoms with van der Waals surface area (Å²) in [4.78, 5) is 27.3. The molecule has 2 N–H and O–H groups in total. The summed E-state index contributed by atoms with van der Waals surface area (Å²) in [5.74, 6) is -2.39. The molecule has 3 aliphatic heterocycles. The molecule has 3 saturated heterocycles. The monoisotopic (exact) mass is 711 g/mol. The predicted molar refractivity (Wildman–Crippen MR) is 181 cm³/mol. The molecule has 5 heterocycles. The fourth-order valence-electron chi connectivity index (χ4n) is 7.98. The van der Waals surface area contributed by atoms with Gasteiger partial charge < -0.3 is 20.3 Å². The van der Waals surface area contributed by atoms with E-state index in [2.05, 4.69) is 21.4 Å². The van der Waals surface area contributed by atoms with Crippen LogP contribution in [0.3, 0.4) is 0 Å². The molecule has 0 spiro atoms. The number of ether oxygens (including phenoxy) is 1. The average molecular weight is 712 g/mol. The zero-order valence-corrected chi connectivity index (χ0v) is 28.2. The number of piperazine rings is 1. The topological polar surface area (TPSA) is 112 Å². The first-order valence-electron chi connectivity index (χ1n) is 16.4. The number of aromatic nitrogens is 2. The van der Waals surface area contributed by atoms with Gasteiger partial charge in [0.15, 0.2) is 5.82 Å². The number of amides is 1. The maximum atomic E-state index is 17.1. The molecular weight excluding hydrogens is 677 g/mol. The zero-order valence-electron chi connectivity index (χ0n) is 27.4. The van der Waals surface area contributed by atoms with Gasteiger partial charge in [-0.3, -0.25) is 9.69 Å². The number of halogens is 5. The predicted octanol–water partition coefficient (Wildman–Crippen LogP) is 6.88. The first kappa shape index (κ1) is 33.9. The van der Waals surface area contributed by atoms with Crippen molar-refractivity contribution in [3.63, 3.8) is 0 Å². The standard InChI is InChI=1S/C35H34F5N7O2S/c1-4-25(48)46-15-19(3)47(16-18(46)2)32-21-13-23(35(38,39)40)27(20-7-8-24(36)30-26(20)22(14-41)31(42)50-30)28(37)29(21)43-33(44-32)49-17-34-9-5-11-45(34)12-6-10-34/h4,7-8,13,18-19H,1,5-6,9-12,15-17,42H2,2-3H3/t18-,19+/m1/s1. The third-order valence-corrected chi connectivity index (χ3v) is 11.4. The van der Waals surface area contributed by atoms with Crippen molar-refractivity contribution in [2.24, 2.45) is 0 Å². The molecular formula is C35H34F5N7O2S. The number of carbonyl (C=O) groups is 1. The number of benzene rings is 2. The Hall–Kier alpha value is -4.55. The van der Waals surface area contributed by atoms with E-state index in [4.69, 9.17) is 10.5 Å². The van der Waals surface area contributed by atoms with Crippen LogP contribution in [0, 0.1) is 23.0 Å². The maximum absolute atomic E-state index is 17.1. The molecule has 262 valence electrons. The summed E-state index contributed by atoms with van der Waals surface area (Å²) in [5, 5.41) is 9.32. The van der Waals surface area contributed by atoms with Crippen LogP contribution in [-0.2, 0) is 11.0 Å². The fraction of sp³-hybridized carbons (Fsp3) is 0.429. The Morgan fingerprint density at radius 2 is 1.90 bits per heavy atom. The highest BCUT2D eigenvalue weighted by Crippen LogP contribution is 2.48. The van der Waals surface area contributed by atoms with Gasteiger partial charge in [-0.15, -0.1) is 11.3 Å². The molecule has 3 fully saturated rings. The van der Waals surface area contributed by atoms with E-state index < -0.39 is 40.5 Å². The highest BCUT2D eigenvalue weighted by molar-refractivity contribution is 7.23. The van der Waals surface area contributed by atoms with Gasteiger partial charge in [0.05, 0.1) is 21.4 Å². The molecule has 0 unspecified atom stereocenters. The van der Waals surface area contributed by atoms with Crippen LogP contribution in [0.25, 0.3) is 32.1 Å². The second kappa shape index (κ2) is 12.3. The third kappa shape index (κ3) is 5.40. The second-order valence-corrected chi connectivity index (χ2v) is 14.4. The Labute approximate surface area is 288 Å². The van der Waals surface area contributed by atoms with E-state index in [1.165, 1.54) is 6.08 Å². The SMILES string of the molecule is C=CC(=O)N1C[C@H](C)N(c2nc(OCC34CCCN3CCC4)nc3c(F)c(-c4ccc(F)c5sc(N)c(C#N)c45)c(C(F)(F)F)cc23)C[C@H]1C. The summed E-state index contributed by atoms with van der Waals surface area (Å²) < 4.78 is 83.2. The lowest BCUT2D eigenvalue weighted by atomic mass is 9.92. The summed E-state index contributed by atoms with van der Waals surface area (Å²) in [6.45, 7) is 9.63. The number of rotatable bonds is 6. The van der Waals surface area contributed by atoms with Crippen molar-refractivity contribution >= 4 is 49.1 Å². The molecule has 9 nitrogen and oxygen atoms in total. The summed E-state index contributed by atoms with van der Waals surface area (Å²) in [7, 11) is 0. The smallest absolute Gasteiger partial charge is 0.417 e. The number of thiophene rings is 1. The molecule has 0 radical (unpaired) electrons. The lowest BCUT2D eigenvalue weighted by molar-refractivity contribution is -0.137. The third-order valence-electron chi connectivity index (χ3n) is 10.4. The molecule has 0 aliphatic carbocycles. The molecule has 50 heavy (non-hydrogen) atoms. The highest BCUT2D eigenvalue weighted by Gasteiger charge is 2.45. The van der Waals surface area contributed by atoms with E-state index in [1.54, 1.807) is 23.6 Å². The van der Waals surface area contributed by atoms with E-state index in [0.717, 1.165) is 57.0 Å². The maximum Gasteiger partial charge on any atom is 0.417 e. The van der Waals surface area contributed by atoms with Gasteiger partial charge in [-0.1, -0.05) is 12.6 Å². The number of nitrogens with two attached hydrogens (primary N) is 1. The van der Waals surface area contributed by atoms with Gasteiger partial charge >= 0.3 is 12.2 Å². The molecule has 15 heteroatoms. The molecule has 0 saturated carbocycles. The van der Waals surface area contributed by atoms with Crippen LogP contribution in [0.4, 0.5) is 32.8 Å². The number of hydrogen-bond donors (Lipinski definition) is 1. The Kier molecular flexibility index (Phi) is 8.38. The van der Waals surface area contributed by atoms with E-state index in [1.807, 2.05) is 6.07 Å². The van der Waals surface area contributed by atoms with Crippen LogP contribution in [0.2, 0.25) is 0 Å². The lowest BCUT2D eigenvalue weighted by Gasteiger charge is -2.44. The first-order valence-corrected chi connectivity index (χ1v) is 17.2. The second-order valence-electron chi connectivity index (χ2n) is 13.3. The zero-order chi connectivity index (χ0) is 35.7. The van der Waals surface area contributed by atoms with Gasteiger partial charge in [0, 0.05) is 41.5 Å². The molecule has 4 aromatic rings. The van der Waals surface area contributed by atoms with Gasteiger partial charge in [0.1, 0.15) is 34.8 Å². The van der Waals surface area contributed by atoms with Crippen LogP contribution in [-0.4, -0.2) is 76.1 Å². The van der Waals surface area contributed by atoms with Crippen LogP contribution >= 0.6 is 11.3 Å². The van der Waals surface area contributed by atoms with Crippen molar-refractivity contribution in [3.05, 3.63) is 53.6 Å². The average Bonchev–Trinajstić information content (AvgIpc) is 3.76. The number of fused-ring (bicyclic) bond motifs is 3. The molecule has 0 bridgehead atoms. The van der Waals surface area contributed by atoms with E-state index in [0.29, 0.717) is 11.3 Å². The molecule has 2 atom stereocenters. The van der Waals surface area contributed by atoms with Crippen molar-refractivity contribution in [1.82, 2.24) is 19.8 Å². The quantitative estimate of drug-likeness (QED) is 0.170. The van der Waals surface area contributed by atoms with Crippen molar-refractivity contribution in [3.8, 4) is 23.2 Å². The number of nitriles is 1. The van der Waals surface area contributed by atoms with Gasteiger partial charge in [0.25, 0.3) is 0 Å². The van der Waals surface area contributed by atoms with Crippen molar-refractivity contribution < 1.29 is 31.5 Å². The van der Waals surface area contributed by atoms with Crippen LogP contribution < -0.4 is 15.4 Å². The first-order chi connectivity index (χ1) is 23.8. The van der Waals surface area contributed by atoms with Crippen LogP contribution in [0.1, 0.15) is 50.7 Å². The number of carbonyl (C=O) groups excluding carboxylic acids is 1. The van der Waals surface area contributed by atoms with Gasteiger partial charge in [-0.25, -0.2) is 8.78 Å². The largest absolute Gasteiger partial charge is 0.461 e. The van der Waals surface area contributed by atoms with Crippen molar-refractivity contribution in [1.29, 1.82) is 5.26 Å². The molecule has 2 aromatic carbocycles. The van der Waals surface area contributed by atoms with E-state index in [-0.39, 0.29) is 80.6 Å². The van der Waals surface area contributed by atoms with Gasteiger partial charge in [0.2, 0.25) is 5.91 Å². The number of hydrogen-bond acceptors (Lipinski definition) is 9. The Morgan fingerprint density at radius 3 is 2.56 bits per heavy atom. The van der Waals surface area contributed by atoms with Crippen LogP contribution in [0.5, 0.6) is 6.01 Å². The summed E-state index contributed by atoms with van der Waals surface area (Å²) >= 11 is 0.701. The Morgan fingerprint density at radius 1 is 1.18 bits per heavy atom. The summed E-state index contributed by atoms with van der Waals surface area (Å²) in [6.07, 6.45) is -0.0811. The lowest BCUT2D eigenvalue weighted by Crippen LogP contribution is -2.58. The van der Waals surface area contributed by atoms with Crippen molar-refractivity contribution in [2.45, 2.75) is 63.3 Å². The van der Waals surface area contributed by atoms with Crippen molar-refractivity contribution in [2.75, 3.05) is 43.4 Å². The summed E-state index contributed by atoms with van der Waals surface area (Å²) in [5.41, 5.74) is 2.49. The molecule has 1 amide bonds. The summed E-state index contributed by atoms with van der Waals surface area (Å²) in [6, 6.07) is 3.57. The Bertz CT molecular complexity index is 2080. The molecule has 7 rings (SSSR count). The normalized spacial score (nSPS) is 20.8. The minimum Gasteiger partial charge on any atom is -0.461 e. The number of alkyl halides is 3. The van der Waals surface area contributed by atoms with Gasteiger partial charge in [-0.05, 0) is 76.4 Å². The van der Waals surface area contributed by atoms with E-state index in [9.17, 15) is 14.4 Å². The highest BCUT2D eigenvalue weighted by atomic mass is 32.1. The van der Waals surface area contributed by atoms with E-state index >= 15 is 17.6 Å². The number of nitrogen functional groups attached to an aromatic ring is 1. The Balaban J connectivity index is 1.46. The minimum atomic E-state index is -5.09. The number of anilines is 2. The van der Waals surface area contributed by atoms with Gasteiger partial charge in [-0.2, -0.15) is 28.4 Å².